The summed E-state index contributed by atoms with van der Waals surface area (Å²) in [5.74, 6) is -0.686. The molecule has 1 saturated carbocycles. The molecule has 3 nitrogen and oxygen atoms in total. The van der Waals surface area contributed by atoms with Gasteiger partial charge in [-0.3, -0.25) is 4.79 Å². The Bertz CT molecular complexity index is 177. The van der Waals surface area contributed by atoms with Crippen LogP contribution < -0.4 is 0 Å². The van der Waals surface area contributed by atoms with Gasteiger partial charge in [0.25, 0.3) is 0 Å². The van der Waals surface area contributed by atoms with Gasteiger partial charge in [0, 0.05) is 0 Å². The molecule has 0 radical (unpaired) electrons. The first kappa shape index (κ1) is 9.26. The average molecular weight is 170 g/mol. The smallest absolute Gasteiger partial charge is 0.316 e. The lowest BCUT2D eigenvalue weighted by Gasteiger charge is -2.24. The van der Waals surface area contributed by atoms with Gasteiger partial charge in [0.05, 0.1) is 18.3 Å². The Balaban J connectivity index is 2.47. The maximum absolute atomic E-state index is 11.2. The fourth-order valence-electron chi connectivity index (χ4n) is 1.56. The van der Waals surface area contributed by atoms with Gasteiger partial charge in [-0.2, -0.15) is 0 Å². The Morgan fingerprint density at radius 3 is 2.75 bits per heavy atom. The summed E-state index contributed by atoms with van der Waals surface area (Å²) >= 11 is 0. The largest absolute Gasteiger partial charge is 0.435 e. The number of esters is 1. The SMILES string of the molecule is C=COC(=O)C1CCCCC1O. The van der Waals surface area contributed by atoms with Crippen LogP contribution >= 0.6 is 0 Å². The van der Waals surface area contributed by atoms with Gasteiger partial charge in [0.15, 0.2) is 0 Å². The monoisotopic (exact) mass is 170 g/mol. The molecule has 0 aromatic carbocycles. The number of aliphatic hydroxyl groups excluding tert-OH is 1. The molecule has 0 heterocycles. The van der Waals surface area contributed by atoms with Crippen LogP contribution in [0.1, 0.15) is 25.7 Å². The number of aliphatic hydroxyl groups is 1. The van der Waals surface area contributed by atoms with E-state index in [0.717, 1.165) is 25.5 Å². The van der Waals surface area contributed by atoms with Crippen LogP contribution in [-0.2, 0) is 9.53 Å². The molecule has 12 heavy (non-hydrogen) atoms. The minimum atomic E-state index is -0.522. The van der Waals surface area contributed by atoms with Crippen LogP contribution in [0.4, 0.5) is 0 Å². The van der Waals surface area contributed by atoms with Crippen molar-refractivity contribution < 1.29 is 14.6 Å². The van der Waals surface area contributed by atoms with Crippen LogP contribution in [0.15, 0.2) is 12.8 Å². The topological polar surface area (TPSA) is 46.5 Å². The van der Waals surface area contributed by atoms with E-state index in [1.54, 1.807) is 0 Å². The summed E-state index contributed by atoms with van der Waals surface area (Å²) in [4.78, 5) is 11.2. The first-order valence-corrected chi connectivity index (χ1v) is 4.25. The number of ether oxygens (including phenoxy) is 1. The van der Waals surface area contributed by atoms with E-state index in [0.29, 0.717) is 6.42 Å². The second-order valence-electron chi connectivity index (χ2n) is 3.06. The third-order valence-corrected chi connectivity index (χ3v) is 2.23. The van der Waals surface area contributed by atoms with Crippen molar-refractivity contribution in [3.05, 3.63) is 12.8 Å². The Labute approximate surface area is 72.0 Å². The summed E-state index contributed by atoms with van der Waals surface area (Å²) in [5.41, 5.74) is 0. The van der Waals surface area contributed by atoms with Gasteiger partial charge in [0.2, 0.25) is 0 Å². The third-order valence-electron chi connectivity index (χ3n) is 2.23. The highest BCUT2D eigenvalue weighted by Crippen LogP contribution is 2.25. The molecule has 2 atom stereocenters. The highest BCUT2D eigenvalue weighted by Gasteiger charge is 2.30. The quantitative estimate of drug-likeness (QED) is 0.500. The summed E-state index contributed by atoms with van der Waals surface area (Å²) in [6, 6.07) is 0. The summed E-state index contributed by atoms with van der Waals surface area (Å²) in [6.07, 6.45) is 4.02. The molecular formula is C9H14O3. The van der Waals surface area contributed by atoms with E-state index < -0.39 is 6.10 Å². The zero-order valence-electron chi connectivity index (χ0n) is 7.03. The summed E-state index contributed by atoms with van der Waals surface area (Å²) in [5, 5.41) is 9.43. The fourth-order valence-corrected chi connectivity index (χ4v) is 1.56. The van der Waals surface area contributed by atoms with Crippen molar-refractivity contribution in [2.24, 2.45) is 5.92 Å². The van der Waals surface area contributed by atoms with Gasteiger partial charge in [-0.15, -0.1) is 0 Å². The normalized spacial score (nSPS) is 29.4. The predicted molar refractivity (Wildman–Crippen MR) is 44.3 cm³/mol. The van der Waals surface area contributed by atoms with Crippen LogP contribution in [0, 0.1) is 5.92 Å². The molecule has 2 unspecified atom stereocenters. The van der Waals surface area contributed by atoms with E-state index >= 15 is 0 Å². The zero-order chi connectivity index (χ0) is 8.97. The molecule has 3 heteroatoms. The Kier molecular flexibility index (Phi) is 3.29. The van der Waals surface area contributed by atoms with Crippen LogP contribution in [0.2, 0.25) is 0 Å². The molecule has 68 valence electrons. The predicted octanol–water partition coefficient (Wildman–Crippen LogP) is 1.22. The second kappa shape index (κ2) is 4.26. The van der Waals surface area contributed by atoms with Crippen LogP contribution in [0.3, 0.4) is 0 Å². The molecule has 0 spiro atoms. The van der Waals surface area contributed by atoms with E-state index in [9.17, 15) is 9.90 Å². The van der Waals surface area contributed by atoms with Gasteiger partial charge in [-0.25, -0.2) is 0 Å². The maximum atomic E-state index is 11.2. The minimum absolute atomic E-state index is 0.336. The molecule has 0 saturated heterocycles. The minimum Gasteiger partial charge on any atom is -0.435 e. The van der Waals surface area contributed by atoms with E-state index in [4.69, 9.17) is 0 Å². The van der Waals surface area contributed by atoms with Gasteiger partial charge in [0.1, 0.15) is 0 Å². The first-order valence-electron chi connectivity index (χ1n) is 4.25. The fraction of sp³-hybridized carbons (Fsp3) is 0.667. The maximum Gasteiger partial charge on any atom is 0.316 e. The Morgan fingerprint density at radius 2 is 2.17 bits per heavy atom. The van der Waals surface area contributed by atoms with Crippen LogP contribution in [-0.4, -0.2) is 17.2 Å². The highest BCUT2D eigenvalue weighted by molar-refractivity contribution is 5.73. The molecular weight excluding hydrogens is 156 g/mol. The van der Waals surface area contributed by atoms with Gasteiger partial charge >= 0.3 is 5.97 Å². The molecule has 1 aliphatic rings. The van der Waals surface area contributed by atoms with Crippen molar-refractivity contribution in [2.45, 2.75) is 31.8 Å². The third kappa shape index (κ3) is 2.08. The lowest BCUT2D eigenvalue weighted by molar-refractivity contribution is -0.148. The number of hydrogen-bond acceptors (Lipinski definition) is 3. The van der Waals surface area contributed by atoms with E-state index in [1.165, 1.54) is 0 Å². The second-order valence-corrected chi connectivity index (χ2v) is 3.06. The summed E-state index contributed by atoms with van der Waals surface area (Å²) in [6.45, 7) is 3.30. The molecule has 0 aromatic rings. The number of carbonyl (C=O) groups is 1. The number of carbonyl (C=O) groups excluding carboxylic acids is 1. The van der Waals surface area contributed by atoms with Gasteiger partial charge in [-0.05, 0) is 12.8 Å². The van der Waals surface area contributed by atoms with Crippen molar-refractivity contribution in [2.75, 3.05) is 0 Å². The van der Waals surface area contributed by atoms with Crippen LogP contribution in [0.5, 0.6) is 0 Å². The zero-order valence-corrected chi connectivity index (χ0v) is 7.03. The lowest BCUT2D eigenvalue weighted by atomic mass is 9.87. The molecule has 1 aliphatic carbocycles. The molecule has 0 aliphatic heterocycles. The van der Waals surface area contributed by atoms with Crippen molar-refractivity contribution in [3.63, 3.8) is 0 Å². The van der Waals surface area contributed by atoms with E-state index in [1.807, 2.05) is 0 Å². The molecule has 0 bridgehead atoms. The number of rotatable bonds is 2. The van der Waals surface area contributed by atoms with E-state index in [2.05, 4.69) is 11.3 Å². The molecule has 0 aromatic heterocycles. The Hall–Kier alpha value is -0.830. The average Bonchev–Trinajstić information content (AvgIpc) is 2.05. The summed E-state index contributed by atoms with van der Waals surface area (Å²) in [7, 11) is 0. The van der Waals surface area contributed by atoms with Crippen molar-refractivity contribution in [3.8, 4) is 0 Å². The standard InChI is InChI=1S/C9H14O3/c1-2-12-9(11)7-5-3-4-6-8(7)10/h2,7-8,10H,1,3-6H2. The highest BCUT2D eigenvalue weighted by atomic mass is 16.5. The van der Waals surface area contributed by atoms with Gasteiger partial charge < -0.3 is 9.84 Å². The molecule has 1 fully saturated rings. The van der Waals surface area contributed by atoms with Gasteiger partial charge in [-0.1, -0.05) is 19.4 Å². The number of hydrogen-bond donors (Lipinski definition) is 1. The van der Waals surface area contributed by atoms with Crippen molar-refractivity contribution >= 4 is 5.97 Å². The van der Waals surface area contributed by atoms with Crippen molar-refractivity contribution in [1.82, 2.24) is 0 Å². The lowest BCUT2D eigenvalue weighted by Crippen LogP contribution is -2.31. The molecule has 1 N–H and O–H groups in total. The molecule has 0 amide bonds. The summed E-state index contributed by atoms with van der Waals surface area (Å²) < 4.78 is 4.62. The van der Waals surface area contributed by atoms with E-state index in [-0.39, 0.29) is 11.9 Å². The first-order chi connectivity index (χ1) is 5.75. The molecule has 1 rings (SSSR count). The van der Waals surface area contributed by atoms with Crippen molar-refractivity contribution in [1.29, 1.82) is 0 Å². The van der Waals surface area contributed by atoms with Crippen LogP contribution in [0.25, 0.3) is 0 Å². The Morgan fingerprint density at radius 1 is 1.50 bits per heavy atom.